The van der Waals surface area contributed by atoms with Gasteiger partial charge in [0.05, 0.1) is 13.7 Å². The number of nitrogens with one attached hydrogen (secondary N) is 3. The first-order chi connectivity index (χ1) is 12.2. The Bertz CT molecular complexity index is 621. The number of nitrogens with zero attached hydrogens (tertiary/aromatic N) is 1. The Morgan fingerprint density at radius 3 is 2.41 bits per heavy atom. The van der Waals surface area contributed by atoms with Crippen LogP contribution >= 0.6 is 24.0 Å². The molecule has 154 valence electrons. The Morgan fingerprint density at radius 1 is 1.19 bits per heavy atom. The molecule has 0 unspecified atom stereocenters. The number of hydrogen-bond donors (Lipinski definition) is 3. The molecule has 9 heteroatoms. The van der Waals surface area contributed by atoms with Crippen molar-refractivity contribution in [3.63, 3.8) is 0 Å². The van der Waals surface area contributed by atoms with Crippen LogP contribution in [0.2, 0.25) is 0 Å². The van der Waals surface area contributed by atoms with Gasteiger partial charge in [-0.15, -0.1) is 24.0 Å². The highest BCUT2D eigenvalue weighted by Crippen LogP contribution is 2.18. The van der Waals surface area contributed by atoms with Crippen molar-refractivity contribution in [1.29, 1.82) is 0 Å². The average Bonchev–Trinajstić information content (AvgIpc) is 2.55. The zero-order valence-electron chi connectivity index (χ0n) is 16.5. The van der Waals surface area contributed by atoms with Crippen molar-refractivity contribution >= 4 is 36.0 Å². The molecule has 0 saturated carbocycles. The molecule has 3 N–H and O–H groups in total. The van der Waals surface area contributed by atoms with Gasteiger partial charge in [0.2, 0.25) is 0 Å². The average molecular weight is 496 g/mol. The van der Waals surface area contributed by atoms with Crippen LogP contribution in [0.3, 0.4) is 0 Å². The summed E-state index contributed by atoms with van der Waals surface area (Å²) in [5, 5.41) is 8.85. The molecule has 1 aromatic rings. The van der Waals surface area contributed by atoms with E-state index < -0.39 is 17.5 Å². The Kier molecular flexibility index (Phi) is 11.7. The number of aliphatic imine (C=N–C) groups is 1. The minimum atomic E-state index is -0.526. The summed E-state index contributed by atoms with van der Waals surface area (Å²) in [5.74, 6) is 0.366. The van der Waals surface area contributed by atoms with E-state index in [1.54, 1.807) is 12.1 Å². The Labute approximate surface area is 177 Å². The van der Waals surface area contributed by atoms with Crippen molar-refractivity contribution < 1.29 is 18.7 Å². The largest absolute Gasteiger partial charge is 0.494 e. The molecule has 0 spiro atoms. The number of hydrogen-bond acceptors (Lipinski definition) is 4. The van der Waals surface area contributed by atoms with Gasteiger partial charge >= 0.3 is 6.09 Å². The number of alkyl carbamates (subject to hydrolysis) is 1. The molecular weight excluding hydrogens is 466 g/mol. The highest BCUT2D eigenvalue weighted by molar-refractivity contribution is 14.0. The minimum absolute atomic E-state index is 0. The van der Waals surface area contributed by atoms with Crippen LogP contribution in [0.4, 0.5) is 9.18 Å². The monoisotopic (exact) mass is 496 g/mol. The molecule has 1 aromatic carbocycles. The quantitative estimate of drug-likeness (QED) is 0.234. The predicted octanol–water partition coefficient (Wildman–Crippen LogP) is 3.03. The summed E-state index contributed by atoms with van der Waals surface area (Å²) in [6, 6.07) is 4.74. The third-order valence-electron chi connectivity index (χ3n) is 3.07. The van der Waals surface area contributed by atoms with Gasteiger partial charge in [0.1, 0.15) is 5.60 Å². The number of benzene rings is 1. The molecule has 0 aliphatic carbocycles. The minimum Gasteiger partial charge on any atom is -0.494 e. The Balaban J connectivity index is 0.00000676. The van der Waals surface area contributed by atoms with Gasteiger partial charge in [0.25, 0.3) is 0 Å². The first kappa shape index (κ1) is 25.2. The number of carbonyl (C=O) groups is 1. The van der Waals surface area contributed by atoms with Crippen molar-refractivity contribution in [1.82, 2.24) is 16.0 Å². The van der Waals surface area contributed by atoms with Crippen molar-refractivity contribution in [2.75, 3.05) is 26.7 Å². The van der Waals surface area contributed by atoms with E-state index in [0.29, 0.717) is 32.1 Å². The topological polar surface area (TPSA) is 84.0 Å². The molecular formula is C18H30FIN4O3. The molecule has 0 aliphatic rings. The Hall–Kier alpha value is -1.78. The normalized spacial score (nSPS) is 11.3. The van der Waals surface area contributed by atoms with E-state index in [1.807, 2.05) is 27.7 Å². The fraction of sp³-hybridized carbons (Fsp3) is 0.556. The van der Waals surface area contributed by atoms with Gasteiger partial charge in [0.15, 0.2) is 17.5 Å². The molecule has 0 heterocycles. The van der Waals surface area contributed by atoms with Gasteiger partial charge in [-0.1, -0.05) is 6.07 Å². The standard InChI is InChI=1S/C18H29FN4O3.HI/c1-6-20-16(21-9-10-22-17(24)26-18(2,3)4)23-12-13-7-8-15(25-5)14(19)11-13;/h7-8,11H,6,9-10,12H2,1-5H3,(H,22,24)(H2,20,21,23);1H. The fourth-order valence-corrected chi connectivity index (χ4v) is 1.98. The van der Waals surface area contributed by atoms with Crippen LogP contribution in [0.25, 0.3) is 0 Å². The molecule has 27 heavy (non-hydrogen) atoms. The number of amides is 1. The molecule has 7 nitrogen and oxygen atoms in total. The van der Waals surface area contributed by atoms with Crippen molar-refractivity contribution in [3.05, 3.63) is 29.6 Å². The number of guanidine groups is 1. The van der Waals surface area contributed by atoms with Gasteiger partial charge in [0, 0.05) is 19.6 Å². The van der Waals surface area contributed by atoms with Crippen LogP contribution < -0.4 is 20.7 Å². The third kappa shape index (κ3) is 10.8. The third-order valence-corrected chi connectivity index (χ3v) is 3.07. The van der Waals surface area contributed by atoms with E-state index in [2.05, 4.69) is 20.9 Å². The smallest absolute Gasteiger partial charge is 0.407 e. The summed E-state index contributed by atoms with van der Waals surface area (Å²) >= 11 is 0. The van der Waals surface area contributed by atoms with E-state index in [0.717, 1.165) is 5.56 Å². The Morgan fingerprint density at radius 2 is 1.85 bits per heavy atom. The number of carbonyl (C=O) groups excluding carboxylic acids is 1. The first-order valence-corrected chi connectivity index (χ1v) is 8.56. The molecule has 0 aromatic heterocycles. The molecule has 0 aliphatic heterocycles. The zero-order chi connectivity index (χ0) is 19.6. The SMILES string of the molecule is CCNC(=NCc1ccc(OC)c(F)c1)NCCNC(=O)OC(C)(C)C.I. The number of rotatable bonds is 7. The summed E-state index contributed by atoms with van der Waals surface area (Å²) in [7, 11) is 1.43. The molecule has 0 bridgehead atoms. The number of methoxy groups -OCH3 is 1. The van der Waals surface area contributed by atoms with Crippen molar-refractivity contribution in [2.24, 2.45) is 4.99 Å². The fourth-order valence-electron chi connectivity index (χ4n) is 1.98. The highest BCUT2D eigenvalue weighted by atomic mass is 127. The van der Waals surface area contributed by atoms with Crippen molar-refractivity contribution in [2.45, 2.75) is 39.8 Å². The van der Waals surface area contributed by atoms with E-state index in [1.165, 1.54) is 13.2 Å². The lowest BCUT2D eigenvalue weighted by Crippen LogP contribution is -2.42. The molecule has 1 rings (SSSR count). The summed E-state index contributed by atoms with van der Waals surface area (Å²) in [5.41, 5.74) is 0.203. The molecule has 0 fully saturated rings. The lowest BCUT2D eigenvalue weighted by atomic mass is 10.2. The van der Waals surface area contributed by atoms with Gasteiger partial charge in [-0.2, -0.15) is 0 Å². The van der Waals surface area contributed by atoms with Gasteiger partial charge < -0.3 is 25.4 Å². The lowest BCUT2D eigenvalue weighted by Gasteiger charge is -2.19. The van der Waals surface area contributed by atoms with Crippen LogP contribution in [-0.4, -0.2) is 44.4 Å². The number of halogens is 2. The molecule has 0 radical (unpaired) electrons. The summed E-state index contributed by atoms with van der Waals surface area (Å²) in [4.78, 5) is 16.0. The highest BCUT2D eigenvalue weighted by Gasteiger charge is 2.15. The summed E-state index contributed by atoms with van der Waals surface area (Å²) < 4.78 is 23.8. The van der Waals surface area contributed by atoms with Gasteiger partial charge in [-0.05, 0) is 45.4 Å². The maximum Gasteiger partial charge on any atom is 0.407 e. The van der Waals surface area contributed by atoms with E-state index >= 15 is 0 Å². The second-order valence-electron chi connectivity index (χ2n) is 6.52. The van der Waals surface area contributed by atoms with Gasteiger partial charge in [-0.3, -0.25) is 0 Å². The van der Waals surface area contributed by atoms with E-state index in [4.69, 9.17) is 9.47 Å². The second-order valence-corrected chi connectivity index (χ2v) is 6.52. The zero-order valence-corrected chi connectivity index (χ0v) is 18.8. The maximum absolute atomic E-state index is 13.7. The van der Waals surface area contributed by atoms with E-state index in [9.17, 15) is 9.18 Å². The molecule has 0 atom stereocenters. The van der Waals surface area contributed by atoms with Crippen LogP contribution in [0.5, 0.6) is 5.75 Å². The van der Waals surface area contributed by atoms with Gasteiger partial charge in [-0.25, -0.2) is 14.2 Å². The molecule has 0 saturated heterocycles. The second kappa shape index (κ2) is 12.6. The van der Waals surface area contributed by atoms with Crippen LogP contribution in [0.15, 0.2) is 23.2 Å². The lowest BCUT2D eigenvalue weighted by molar-refractivity contribution is 0.0529. The van der Waals surface area contributed by atoms with Crippen molar-refractivity contribution in [3.8, 4) is 5.75 Å². The predicted molar refractivity (Wildman–Crippen MR) is 115 cm³/mol. The number of ether oxygens (including phenoxy) is 2. The first-order valence-electron chi connectivity index (χ1n) is 8.56. The van der Waals surface area contributed by atoms with E-state index in [-0.39, 0.29) is 29.7 Å². The summed E-state index contributed by atoms with van der Waals surface area (Å²) in [6.45, 7) is 9.23. The van der Waals surface area contributed by atoms with Crippen LogP contribution in [-0.2, 0) is 11.3 Å². The van der Waals surface area contributed by atoms with Crippen LogP contribution in [0, 0.1) is 5.82 Å². The maximum atomic E-state index is 13.7. The summed E-state index contributed by atoms with van der Waals surface area (Å²) in [6.07, 6.45) is -0.463. The molecule has 1 amide bonds. The van der Waals surface area contributed by atoms with Crippen LogP contribution in [0.1, 0.15) is 33.3 Å².